The van der Waals surface area contributed by atoms with E-state index in [1.165, 1.54) is 0 Å². The first kappa shape index (κ1) is 12.3. The minimum Gasteiger partial charge on any atom is -0.367 e. The molecule has 1 N–H and O–H groups in total. The van der Waals surface area contributed by atoms with E-state index in [1.807, 2.05) is 23.1 Å². The summed E-state index contributed by atoms with van der Waals surface area (Å²) in [6, 6.07) is 8.03. The van der Waals surface area contributed by atoms with Gasteiger partial charge in [-0.3, -0.25) is 0 Å². The normalized spacial score (nSPS) is 21.9. The van der Waals surface area contributed by atoms with E-state index in [0.29, 0.717) is 12.1 Å². The number of nitrogens with zero attached hydrogens (tertiary/aromatic N) is 3. The standard InChI is InChI=1S/C13H13BrN4O/c14-11-5-9(6-15)1-2-12(11)17-3-4-18-10(8-17)7-16-13(18)19/h1-2,5,10H,3-4,7-8H2,(H,16,19). The van der Waals surface area contributed by atoms with Crippen LogP contribution in [0.4, 0.5) is 10.5 Å². The third kappa shape index (κ3) is 2.15. The van der Waals surface area contributed by atoms with Gasteiger partial charge in [0.2, 0.25) is 0 Å². The molecule has 5 nitrogen and oxygen atoms in total. The van der Waals surface area contributed by atoms with Crippen molar-refractivity contribution in [2.75, 3.05) is 31.1 Å². The third-order valence-corrected chi connectivity index (χ3v) is 4.29. The van der Waals surface area contributed by atoms with Crippen molar-refractivity contribution >= 4 is 27.6 Å². The average molecular weight is 321 g/mol. The number of hydrogen-bond acceptors (Lipinski definition) is 3. The van der Waals surface area contributed by atoms with Crippen molar-refractivity contribution < 1.29 is 4.79 Å². The molecule has 1 unspecified atom stereocenters. The summed E-state index contributed by atoms with van der Waals surface area (Å²) in [5.41, 5.74) is 1.73. The zero-order chi connectivity index (χ0) is 13.4. The zero-order valence-corrected chi connectivity index (χ0v) is 11.9. The van der Waals surface area contributed by atoms with Crippen molar-refractivity contribution in [3.63, 3.8) is 0 Å². The van der Waals surface area contributed by atoms with Gasteiger partial charge in [-0.2, -0.15) is 5.26 Å². The second-order valence-corrected chi connectivity index (χ2v) is 5.61. The quantitative estimate of drug-likeness (QED) is 0.853. The summed E-state index contributed by atoms with van der Waals surface area (Å²) in [6.07, 6.45) is 0. The lowest BCUT2D eigenvalue weighted by atomic mass is 10.1. The molecule has 0 radical (unpaired) electrons. The number of carbonyl (C=O) groups is 1. The van der Waals surface area contributed by atoms with Gasteiger partial charge in [-0.05, 0) is 34.1 Å². The highest BCUT2D eigenvalue weighted by Crippen LogP contribution is 2.29. The van der Waals surface area contributed by atoms with Gasteiger partial charge < -0.3 is 15.1 Å². The van der Waals surface area contributed by atoms with Crippen LogP contribution in [-0.4, -0.2) is 43.2 Å². The van der Waals surface area contributed by atoms with Crippen molar-refractivity contribution in [1.82, 2.24) is 10.2 Å². The Morgan fingerprint density at radius 1 is 1.42 bits per heavy atom. The highest BCUT2D eigenvalue weighted by molar-refractivity contribution is 9.10. The number of hydrogen-bond donors (Lipinski definition) is 1. The summed E-state index contributed by atoms with van der Waals surface area (Å²) in [4.78, 5) is 15.7. The molecular formula is C13H13BrN4O. The van der Waals surface area contributed by atoms with Crippen LogP contribution in [-0.2, 0) is 0 Å². The van der Waals surface area contributed by atoms with Crippen LogP contribution in [0.25, 0.3) is 0 Å². The highest BCUT2D eigenvalue weighted by Gasteiger charge is 2.35. The van der Waals surface area contributed by atoms with Gasteiger partial charge in [-0.15, -0.1) is 0 Å². The molecule has 2 amide bonds. The van der Waals surface area contributed by atoms with Crippen molar-refractivity contribution in [2.24, 2.45) is 0 Å². The number of piperazine rings is 1. The molecule has 98 valence electrons. The number of nitriles is 1. The predicted octanol–water partition coefficient (Wildman–Crippen LogP) is 1.53. The first-order valence-electron chi connectivity index (χ1n) is 6.18. The monoisotopic (exact) mass is 320 g/mol. The van der Waals surface area contributed by atoms with E-state index in [-0.39, 0.29) is 12.1 Å². The van der Waals surface area contributed by atoms with Crippen LogP contribution in [0.1, 0.15) is 5.56 Å². The fourth-order valence-electron chi connectivity index (χ4n) is 2.66. The Bertz CT molecular complexity index is 568. The molecule has 0 aromatic heterocycles. The molecule has 2 heterocycles. The number of rotatable bonds is 1. The van der Waals surface area contributed by atoms with Crippen LogP contribution >= 0.6 is 15.9 Å². The molecule has 2 fully saturated rings. The minimum absolute atomic E-state index is 0.0449. The van der Waals surface area contributed by atoms with Gasteiger partial charge in [0, 0.05) is 30.7 Å². The lowest BCUT2D eigenvalue weighted by Crippen LogP contribution is -2.52. The molecule has 1 aromatic carbocycles. The maximum atomic E-state index is 11.6. The van der Waals surface area contributed by atoms with E-state index in [2.05, 4.69) is 32.2 Å². The van der Waals surface area contributed by atoms with Crippen LogP contribution in [0.5, 0.6) is 0 Å². The molecule has 0 aliphatic carbocycles. The molecule has 0 spiro atoms. The van der Waals surface area contributed by atoms with Crippen molar-refractivity contribution in [2.45, 2.75) is 6.04 Å². The Morgan fingerprint density at radius 3 is 3.00 bits per heavy atom. The van der Waals surface area contributed by atoms with Crippen LogP contribution < -0.4 is 10.2 Å². The van der Waals surface area contributed by atoms with E-state index in [1.54, 1.807) is 0 Å². The van der Waals surface area contributed by atoms with Crippen molar-refractivity contribution in [3.05, 3.63) is 28.2 Å². The molecule has 0 saturated carbocycles. The molecule has 0 bridgehead atoms. The van der Waals surface area contributed by atoms with Crippen LogP contribution in [0.15, 0.2) is 22.7 Å². The zero-order valence-electron chi connectivity index (χ0n) is 10.3. The Kier molecular flexibility index (Phi) is 3.07. The smallest absolute Gasteiger partial charge is 0.317 e. The van der Waals surface area contributed by atoms with Crippen molar-refractivity contribution in [3.8, 4) is 6.07 Å². The lowest BCUT2D eigenvalue weighted by molar-refractivity contribution is 0.197. The summed E-state index contributed by atoms with van der Waals surface area (Å²) in [6.45, 7) is 3.09. The van der Waals surface area contributed by atoms with Gasteiger partial charge in [0.1, 0.15) is 0 Å². The third-order valence-electron chi connectivity index (χ3n) is 3.65. The van der Waals surface area contributed by atoms with E-state index in [0.717, 1.165) is 29.8 Å². The van der Waals surface area contributed by atoms with Crippen molar-refractivity contribution in [1.29, 1.82) is 5.26 Å². The molecular weight excluding hydrogens is 308 g/mol. The Labute approximate surface area is 119 Å². The average Bonchev–Trinajstić information content (AvgIpc) is 2.79. The number of anilines is 1. The molecule has 6 heteroatoms. The fraction of sp³-hybridized carbons (Fsp3) is 0.385. The molecule has 19 heavy (non-hydrogen) atoms. The topological polar surface area (TPSA) is 59.4 Å². The summed E-state index contributed by atoms with van der Waals surface area (Å²) in [5.74, 6) is 0. The van der Waals surface area contributed by atoms with E-state index in [4.69, 9.17) is 5.26 Å². The van der Waals surface area contributed by atoms with Crippen LogP contribution in [0.3, 0.4) is 0 Å². The summed E-state index contributed by atoms with van der Waals surface area (Å²) in [7, 11) is 0. The SMILES string of the molecule is N#Cc1ccc(N2CCN3C(=O)NCC3C2)c(Br)c1. The predicted molar refractivity (Wildman–Crippen MR) is 75.0 cm³/mol. The summed E-state index contributed by atoms with van der Waals surface area (Å²) < 4.78 is 0.928. The lowest BCUT2D eigenvalue weighted by Gasteiger charge is -2.38. The number of benzene rings is 1. The first-order chi connectivity index (χ1) is 9.19. The molecule has 3 rings (SSSR count). The van der Waals surface area contributed by atoms with Gasteiger partial charge in [0.25, 0.3) is 0 Å². The number of halogens is 1. The van der Waals surface area contributed by atoms with Gasteiger partial charge in [0.15, 0.2) is 0 Å². The molecule has 1 atom stereocenters. The second kappa shape index (κ2) is 4.74. The maximum Gasteiger partial charge on any atom is 0.317 e. The number of amides is 2. The van der Waals surface area contributed by atoms with Gasteiger partial charge >= 0.3 is 6.03 Å². The first-order valence-corrected chi connectivity index (χ1v) is 6.97. The number of fused-ring (bicyclic) bond motifs is 1. The maximum absolute atomic E-state index is 11.6. The Morgan fingerprint density at radius 2 is 2.26 bits per heavy atom. The van der Waals surface area contributed by atoms with Gasteiger partial charge in [0.05, 0.1) is 23.4 Å². The van der Waals surface area contributed by atoms with Gasteiger partial charge in [-0.1, -0.05) is 0 Å². The van der Waals surface area contributed by atoms with Crippen LogP contribution in [0, 0.1) is 11.3 Å². The number of nitrogens with one attached hydrogen (secondary N) is 1. The summed E-state index contributed by atoms with van der Waals surface area (Å²) in [5, 5.41) is 11.8. The molecule has 2 saturated heterocycles. The number of urea groups is 1. The Balaban J connectivity index is 1.81. The highest BCUT2D eigenvalue weighted by atomic mass is 79.9. The van der Waals surface area contributed by atoms with E-state index >= 15 is 0 Å². The molecule has 2 aliphatic heterocycles. The van der Waals surface area contributed by atoms with Crippen LogP contribution in [0.2, 0.25) is 0 Å². The molecule has 1 aromatic rings. The van der Waals surface area contributed by atoms with Gasteiger partial charge in [-0.25, -0.2) is 4.79 Å². The van der Waals surface area contributed by atoms with E-state index in [9.17, 15) is 4.79 Å². The minimum atomic E-state index is 0.0449. The Hall–Kier alpha value is -1.74. The second-order valence-electron chi connectivity index (χ2n) is 4.76. The molecule has 2 aliphatic rings. The van der Waals surface area contributed by atoms with E-state index < -0.39 is 0 Å². The summed E-state index contributed by atoms with van der Waals surface area (Å²) >= 11 is 3.52. The number of carbonyl (C=O) groups excluding carboxylic acids is 1. The fourth-order valence-corrected chi connectivity index (χ4v) is 3.29. The largest absolute Gasteiger partial charge is 0.367 e.